The maximum absolute atomic E-state index is 13.8. The molecule has 1 saturated carbocycles. The van der Waals surface area contributed by atoms with Gasteiger partial charge in [-0.05, 0) is 68.2 Å². The van der Waals surface area contributed by atoms with Crippen molar-refractivity contribution in [3.63, 3.8) is 0 Å². The Morgan fingerprint density at radius 1 is 1.09 bits per heavy atom. The zero-order valence-electron chi connectivity index (χ0n) is 17.7. The number of nitrogens with one attached hydrogen (secondary N) is 1. The molecule has 3 aromatic heterocycles. The monoisotopic (exact) mass is 477 g/mol. The van der Waals surface area contributed by atoms with Gasteiger partial charge in [0.05, 0.1) is 5.69 Å². The van der Waals surface area contributed by atoms with Crippen molar-refractivity contribution in [3.05, 3.63) is 59.1 Å². The minimum absolute atomic E-state index is 0.109. The predicted molar refractivity (Wildman–Crippen MR) is 118 cm³/mol. The van der Waals surface area contributed by atoms with Gasteiger partial charge in [-0.3, -0.25) is 0 Å². The number of nitrogens with zero attached hydrogens (tertiary/aromatic N) is 4. The van der Waals surface area contributed by atoms with Gasteiger partial charge in [-0.15, -0.1) is 5.10 Å². The smallest absolute Gasteiger partial charge is 0.376 e. The lowest BCUT2D eigenvalue weighted by molar-refractivity contribution is -0.270. The van der Waals surface area contributed by atoms with Crippen molar-refractivity contribution in [1.82, 2.24) is 24.8 Å². The molecule has 33 heavy (non-hydrogen) atoms. The molecule has 1 aliphatic rings. The van der Waals surface area contributed by atoms with Crippen molar-refractivity contribution in [2.45, 2.75) is 56.2 Å². The van der Waals surface area contributed by atoms with E-state index in [1.807, 2.05) is 12.3 Å². The van der Waals surface area contributed by atoms with Crippen molar-refractivity contribution >= 4 is 28.2 Å². The Balaban J connectivity index is 1.28. The van der Waals surface area contributed by atoms with Crippen LogP contribution in [0.5, 0.6) is 0 Å². The number of benzene rings is 1. The van der Waals surface area contributed by atoms with Gasteiger partial charge in [-0.25, -0.2) is 9.50 Å². The van der Waals surface area contributed by atoms with Crippen molar-refractivity contribution < 1.29 is 18.3 Å². The van der Waals surface area contributed by atoms with Crippen molar-refractivity contribution in [2.24, 2.45) is 5.92 Å². The molecule has 5 rings (SSSR count). The summed E-state index contributed by atoms with van der Waals surface area (Å²) < 4.78 is 43.2. The van der Waals surface area contributed by atoms with Gasteiger partial charge in [-0.2, -0.15) is 13.2 Å². The maximum atomic E-state index is 13.8. The number of aromatic amines is 1. The molecule has 0 radical (unpaired) electrons. The van der Waals surface area contributed by atoms with Crippen LogP contribution >= 0.6 is 11.6 Å². The van der Waals surface area contributed by atoms with Gasteiger partial charge in [-0.1, -0.05) is 28.9 Å². The van der Waals surface area contributed by atoms with Gasteiger partial charge < -0.3 is 10.1 Å². The number of aromatic nitrogens is 5. The number of halogens is 4. The van der Waals surface area contributed by atoms with Gasteiger partial charge in [0.25, 0.3) is 0 Å². The molecule has 6 nitrogen and oxygen atoms in total. The van der Waals surface area contributed by atoms with E-state index in [1.165, 1.54) is 24.3 Å². The summed E-state index contributed by atoms with van der Waals surface area (Å²) in [5.74, 6) is 0.301. The highest BCUT2D eigenvalue weighted by molar-refractivity contribution is 6.30. The Labute approximate surface area is 192 Å². The molecule has 1 atom stereocenters. The van der Waals surface area contributed by atoms with Crippen LogP contribution in [0.4, 0.5) is 13.2 Å². The van der Waals surface area contributed by atoms with Crippen molar-refractivity contribution in [3.8, 4) is 0 Å². The van der Waals surface area contributed by atoms with Crippen LogP contribution in [-0.2, 0) is 5.60 Å². The average Bonchev–Trinajstić information content (AvgIpc) is 3.44. The minimum Gasteiger partial charge on any atom is -0.376 e. The van der Waals surface area contributed by atoms with Crippen molar-refractivity contribution in [1.29, 1.82) is 0 Å². The Bertz CT molecular complexity index is 1260. The van der Waals surface area contributed by atoms with Gasteiger partial charge in [0.1, 0.15) is 17.5 Å². The van der Waals surface area contributed by atoms with Crippen molar-refractivity contribution in [2.75, 3.05) is 0 Å². The van der Waals surface area contributed by atoms with Crippen LogP contribution < -0.4 is 0 Å². The number of hydrogen-bond acceptors (Lipinski definition) is 4. The van der Waals surface area contributed by atoms with Crippen LogP contribution in [0.1, 0.15) is 55.7 Å². The fourth-order valence-corrected chi connectivity index (χ4v) is 5.13. The standard InChI is InChI=1S/C23H23ClF3N5O/c24-17-7-5-16(6-8-17)22(33,23(25,26)27)11-9-14-1-3-15(4-2-14)19-20-18-10-12-28-21(18)29-13-32(20)31-30-19/h5-8,10,12-15,28,33H,1-4,9,11H2. The first kappa shape index (κ1) is 22.2. The Morgan fingerprint density at radius 3 is 2.52 bits per heavy atom. The van der Waals surface area contributed by atoms with Crippen LogP contribution in [0.2, 0.25) is 5.02 Å². The van der Waals surface area contributed by atoms with Gasteiger partial charge in [0.15, 0.2) is 5.60 Å². The van der Waals surface area contributed by atoms with E-state index in [1.54, 1.807) is 10.8 Å². The molecule has 1 fully saturated rings. The molecule has 1 aromatic carbocycles. The number of rotatable bonds is 5. The predicted octanol–water partition coefficient (Wildman–Crippen LogP) is 5.76. The molecule has 0 saturated heterocycles. The molecule has 4 aromatic rings. The summed E-state index contributed by atoms with van der Waals surface area (Å²) in [5, 5.41) is 20.5. The first-order chi connectivity index (χ1) is 15.8. The SMILES string of the molecule is OC(CCC1CCC(c2nnn3cnc4[nH]ccc4c23)CC1)(c1ccc(Cl)cc1)C(F)(F)F. The van der Waals surface area contributed by atoms with Gasteiger partial charge in [0.2, 0.25) is 0 Å². The molecule has 174 valence electrons. The molecule has 0 aliphatic heterocycles. The Kier molecular flexibility index (Phi) is 5.56. The highest BCUT2D eigenvalue weighted by atomic mass is 35.5. The average molecular weight is 478 g/mol. The summed E-state index contributed by atoms with van der Waals surface area (Å²) in [7, 11) is 0. The fraction of sp³-hybridized carbons (Fsp3) is 0.435. The van der Waals surface area contributed by atoms with Gasteiger partial charge in [0, 0.05) is 22.5 Å². The summed E-state index contributed by atoms with van der Waals surface area (Å²) >= 11 is 5.81. The van der Waals surface area contributed by atoms with E-state index in [-0.39, 0.29) is 23.8 Å². The number of hydrogen-bond donors (Lipinski definition) is 2. The second-order valence-electron chi connectivity index (χ2n) is 8.87. The molecule has 10 heteroatoms. The molecule has 2 N–H and O–H groups in total. The zero-order chi connectivity index (χ0) is 23.2. The van der Waals surface area contributed by atoms with E-state index in [0.29, 0.717) is 11.4 Å². The zero-order valence-corrected chi connectivity index (χ0v) is 18.4. The van der Waals surface area contributed by atoms with Crippen LogP contribution in [-0.4, -0.2) is 36.1 Å². The molecule has 0 spiro atoms. The molecule has 3 heterocycles. The quantitative estimate of drug-likeness (QED) is 0.383. The summed E-state index contributed by atoms with van der Waals surface area (Å²) in [4.78, 5) is 7.41. The number of fused-ring (bicyclic) bond motifs is 3. The molecule has 0 amide bonds. The maximum Gasteiger partial charge on any atom is 0.421 e. The first-order valence-electron chi connectivity index (χ1n) is 11.0. The van der Waals surface area contributed by atoms with Crippen LogP contribution in [0.25, 0.3) is 16.6 Å². The highest BCUT2D eigenvalue weighted by Crippen LogP contribution is 2.46. The topological polar surface area (TPSA) is 79.1 Å². The number of alkyl halides is 3. The van der Waals surface area contributed by atoms with Crippen LogP contribution in [0.15, 0.2) is 42.9 Å². The first-order valence-corrected chi connectivity index (χ1v) is 11.4. The lowest BCUT2D eigenvalue weighted by Crippen LogP contribution is -2.42. The third-order valence-electron chi connectivity index (χ3n) is 6.94. The largest absolute Gasteiger partial charge is 0.421 e. The molecular weight excluding hydrogens is 455 g/mol. The summed E-state index contributed by atoms with van der Waals surface area (Å²) in [6.45, 7) is 0. The molecule has 0 bridgehead atoms. The van der Waals surface area contributed by atoms with E-state index in [0.717, 1.165) is 47.9 Å². The van der Waals surface area contributed by atoms with E-state index in [4.69, 9.17) is 11.6 Å². The summed E-state index contributed by atoms with van der Waals surface area (Å²) in [6.07, 6.45) is 1.79. The third-order valence-corrected chi connectivity index (χ3v) is 7.19. The second kappa shape index (κ2) is 8.29. The molecule has 1 aliphatic carbocycles. The van der Waals surface area contributed by atoms with E-state index in [2.05, 4.69) is 20.3 Å². The molecule has 1 unspecified atom stereocenters. The second-order valence-corrected chi connectivity index (χ2v) is 9.31. The van der Waals surface area contributed by atoms with E-state index < -0.39 is 11.8 Å². The van der Waals surface area contributed by atoms with Gasteiger partial charge >= 0.3 is 6.18 Å². The van der Waals surface area contributed by atoms with Crippen LogP contribution in [0, 0.1) is 5.92 Å². The summed E-state index contributed by atoms with van der Waals surface area (Å²) in [5.41, 5.74) is -0.445. The lowest BCUT2D eigenvalue weighted by Gasteiger charge is -2.34. The lowest BCUT2D eigenvalue weighted by atomic mass is 9.76. The third kappa shape index (κ3) is 3.97. The summed E-state index contributed by atoms with van der Waals surface area (Å²) in [6, 6.07) is 7.20. The molecular formula is C23H23ClF3N5O. The number of H-pyrrole nitrogens is 1. The van der Waals surface area contributed by atoms with E-state index >= 15 is 0 Å². The Morgan fingerprint density at radius 2 is 1.82 bits per heavy atom. The van der Waals surface area contributed by atoms with E-state index in [9.17, 15) is 18.3 Å². The normalized spacial score (nSPS) is 21.5. The van der Waals surface area contributed by atoms with Crippen LogP contribution in [0.3, 0.4) is 0 Å². The highest BCUT2D eigenvalue weighted by Gasteiger charge is 2.54. The Hall–Kier alpha value is -2.65. The minimum atomic E-state index is -4.77. The number of aliphatic hydroxyl groups is 1. The fourth-order valence-electron chi connectivity index (χ4n) is 5.01.